The van der Waals surface area contributed by atoms with Crippen molar-refractivity contribution in [3.63, 3.8) is 0 Å². The Morgan fingerprint density at radius 1 is 1.33 bits per heavy atom. The third-order valence-corrected chi connectivity index (χ3v) is 5.39. The van der Waals surface area contributed by atoms with Gasteiger partial charge in [-0.05, 0) is 43.2 Å². The van der Waals surface area contributed by atoms with Crippen LogP contribution < -0.4 is 5.32 Å². The van der Waals surface area contributed by atoms with Crippen molar-refractivity contribution in [1.82, 2.24) is 15.1 Å². The van der Waals surface area contributed by atoms with Gasteiger partial charge < -0.3 is 20.2 Å². The van der Waals surface area contributed by atoms with E-state index in [0.717, 1.165) is 50.8 Å². The maximum absolute atomic E-state index is 12.0. The van der Waals surface area contributed by atoms with Crippen LogP contribution in [0.25, 0.3) is 0 Å². The summed E-state index contributed by atoms with van der Waals surface area (Å²) in [5, 5.41) is 14.7. The third kappa shape index (κ3) is 3.57. The van der Waals surface area contributed by atoms with Crippen LogP contribution >= 0.6 is 0 Å². The molecule has 0 saturated carbocycles. The fourth-order valence-corrected chi connectivity index (χ4v) is 3.95. The van der Waals surface area contributed by atoms with E-state index in [9.17, 15) is 9.90 Å². The van der Waals surface area contributed by atoms with E-state index < -0.39 is 5.60 Å². The van der Waals surface area contributed by atoms with Crippen LogP contribution in [0.3, 0.4) is 0 Å². The molecule has 1 aromatic carbocycles. The standard InChI is InChI=1S/C19H29N3O2/c1-21(2)18(23)22-12-9-16(10-13-22)20-14-19(24)11-5-7-15-6-3-4-8-17(15)19/h3-4,6,8,16,20,24H,5,7,9-14H2,1-2H3/t19-/m1/s1. The minimum absolute atomic E-state index is 0.0910. The Hall–Kier alpha value is -1.59. The average molecular weight is 331 g/mol. The van der Waals surface area contributed by atoms with Crippen LogP contribution in [0.1, 0.15) is 36.8 Å². The molecule has 1 fully saturated rings. The Bertz CT molecular complexity index is 582. The third-order valence-electron chi connectivity index (χ3n) is 5.39. The van der Waals surface area contributed by atoms with Gasteiger partial charge in [-0.15, -0.1) is 0 Å². The molecule has 1 aliphatic carbocycles. The second-order valence-electron chi connectivity index (χ2n) is 7.36. The van der Waals surface area contributed by atoms with Crippen molar-refractivity contribution in [2.45, 2.75) is 43.7 Å². The number of piperidine rings is 1. The number of hydrogen-bond acceptors (Lipinski definition) is 3. The largest absolute Gasteiger partial charge is 0.384 e. The van der Waals surface area contributed by atoms with Gasteiger partial charge in [-0.1, -0.05) is 24.3 Å². The van der Waals surface area contributed by atoms with Crippen molar-refractivity contribution in [3.8, 4) is 0 Å². The quantitative estimate of drug-likeness (QED) is 0.890. The van der Waals surface area contributed by atoms with Crippen molar-refractivity contribution in [2.24, 2.45) is 0 Å². The Labute approximate surface area is 144 Å². The summed E-state index contributed by atoms with van der Waals surface area (Å²) in [5.41, 5.74) is 1.61. The van der Waals surface area contributed by atoms with Crippen molar-refractivity contribution in [2.75, 3.05) is 33.7 Å². The van der Waals surface area contributed by atoms with E-state index >= 15 is 0 Å². The van der Waals surface area contributed by atoms with E-state index in [2.05, 4.69) is 23.5 Å². The molecule has 0 unspecified atom stereocenters. The molecular weight excluding hydrogens is 302 g/mol. The Morgan fingerprint density at radius 3 is 2.75 bits per heavy atom. The topological polar surface area (TPSA) is 55.8 Å². The number of benzene rings is 1. The van der Waals surface area contributed by atoms with Crippen molar-refractivity contribution >= 4 is 6.03 Å². The molecule has 5 heteroatoms. The highest BCUT2D eigenvalue weighted by atomic mass is 16.3. The number of carbonyl (C=O) groups excluding carboxylic acids is 1. The molecule has 2 amide bonds. The van der Waals surface area contributed by atoms with Gasteiger partial charge in [0, 0.05) is 39.8 Å². The van der Waals surface area contributed by atoms with E-state index in [0.29, 0.717) is 12.6 Å². The number of rotatable bonds is 3. The van der Waals surface area contributed by atoms with E-state index in [1.54, 1.807) is 19.0 Å². The lowest BCUT2D eigenvalue weighted by atomic mass is 9.79. The van der Waals surface area contributed by atoms with E-state index in [1.807, 2.05) is 11.0 Å². The molecule has 1 aromatic rings. The summed E-state index contributed by atoms with van der Waals surface area (Å²) in [5.74, 6) is 0. The fourth-order valence-electron chi connectivity index (χ4n) is 3.95. The molecule has 1 aliphatic heterocycles. The van der Waals surface area contributed by atoms with Crippen molar-refractivity contribution in [1.29, 1.82) is 0 Å². The van der Waals surface area contributed by atoms with Crippen LogP contribution in [0.5, 0.6) is 0 Å². The van der Waals surface area contributed by atoms with Crippen LogP contribution in [0.2, 0.25) is 0 Å². The highest BCUT2D eigenvalue weighted by molar-refractivity contribution is 5.73. The van der Waals surface area contributed by atoms with Crippen LogP contribution in [0.4, 0.5) is 4.79 Å². The molecule has 0 radical (unpaired) electrons. The predicted octanol–water partition coefficient (Wildman–Crippen LogP) is 1.95. The number of nitrogens with one attached hydrogen (secondary N) is 1. The average Bonchev–Trinajstić information content (AvgIpc) is 2.60. The summed E-state index contributed by atoms with van der Waals surface area (Å²) in [6.45, 7) is 2.16. The zero-order valence-corrected chi connectivity index (χ0v) is 14.8. The zero-order valence-electron chi connectivity index (χ0n) is 14.8. The van der Waals surface area contributed by atoms with Gasteiger partial charge in [0.2, 0.25) is 0 Å². The summed E-state index contributed by atoms with van der Waals surface area (Å²) < 4.78 is 0. The number of hydrogen-bond donors (Lipinski definition) is 2. The smallest absolute Gasteiger partial charge is 0.319 e. The summed E-state index contributed by atoms with van der Waals surface area (Å²) in [6.07, 6.45) is 4.79. The maximum Gasteiger partial charge on any atom is 0.319 e. The first-order chi connectivity index (χ1) is 11.5. The van der Waals surface area contributed by atoms with E-state index in [4.69, 9.17) is 0 Å². The SMILES string of the molecule is CN(C)C(=O)N1CCC(NC[C@]2(O)CCCc3ccccc32)CC1. The number of carbonyl (C=O) groups is 1. The van der Waals surface area contributed by atoms with Gasteiger partial charge in [0.15, 0.2) is 0 Å². The molecule has 132 valence electrons. The number of urea groups is 1. The zero-order chi connectivity index (χ0) is 17.2. The van der Waals surface area contributed by atoms with Crippen LogP contribution in [-0.2, 0) is 12.0 Å². The fraction of sp³-hybridized carbons (Fsp3) is 0.632. The van der Waals surface area contributed by atoms with Crippen LogP contribution in [0, 0.1) is 0 Å². The van der Waals surface area contributed by atoms with Crippen molar-refractivity contribution < 1.29 is 9.90 Å². The molecule has 2 aliphatic rings. The normalized spacial score (nSPS) is 24.5. The number of aryl methyl sites for hydroxylation is 1. The maximum atomic E-state index is 12.0. The summed E-state index contributed by atoms with van der Waals surface area (Å²) in [6, 6.07) is 8.72. The van der Waals surface area contributed by atoms with Crippen LogP contribution in [0.15, 0.2) is 24.3 Å². The van der Waals surface area contributed by atoms with Crippen LogP contribution in [-0.4, -0.2) is 60.7 Å². The highest BCUT2D eigenvalue weighted by Gasteiger charge is 2.35. The Balaban J connectivity index is 1.55. The van der Waals surface area contributed by atoms with Gasteiger partial charge in [0.25, 0.3) is 0 Å². The molecule has 1 saturated heterocycles. The molecule has 1 heterocycles. The lowest BCUT2D eigenvalue weighted by Gasteiger charge is -2.38. The van der Waals surface area contributed by atoms with E-state index in [-0.39, 0.29) is 6.03 Å². The summed E-state index contributed by atoms with van der Waals surface area (Å²) in [7, 11) is 3.59. The van der Waals surface area contributed by atoms with Gasteiger partial charge in [-0.2, -0.15) is 0 Å². The number of fused-ring (bicyclic) bond motifs is 1. The summed E-state index contributed by atoms with van der Waals surface area (Å²) >= 11 is 0. The van der Waals surface area contributed by atoms with Gasteiger partial charge in [0.05, 0.1) is 0 Å². The summed E-state index contributed by atoms with van der Waals surface area (Å²) in [4.78, 5) is 15.5. The molecule has 0 bridgehead atoms. The van der Waals surface area contributed by atoms with Gasteiger partial charge >= 0.3 is 6.03 Å². The number of nitrogens with zero attached hydrogens (tertiary/aromatic N) is 2. The van der Waals surface area contributed by atoms with Gasteiger partial charge in [0.1, 0.15) is 5.60 Å². The van der Waals surface area contributed by atoms with Gasteiger partial charge in [-0.3, -0.25) is 0 Å². The molecule has 0 aromatic heterocycles. The molecule has 3 rings (SSSR count). The van der Waals surface area contributed by atoms with Crippen molar-refractivity contribution in [3.05, 3.63) is 35.4 Å². The molecular formula is C19H29N3O2. The number of amides is 2. The first-order valence-corrected chi connectivity index (χ1v) is 9.00. The second-order valence-corrected chi connectivity index (χ2v) is 7.36. The first-order valence-electron chi connectivity index (χ1n) is 9.00. The lowest BCUT2D eigenvalue weighted by molar-refractivity contribution is 0.0146. The second kappa shape index (κ2) is 7.11. The first kappa shape index (κ1) is 17.2. The Kier molecular flexibility index (Phi) is 5.11. The minimum Gasteiger partial charge on any atom is -0.384 e. The predicted molar refractivity (Wildman–Crippen MR) is 95.0 cm³/mol. The molecule has 2 N–H and O–H groups in total. The molecule has 0 spiro atoms. The lowest BCUT2D eigenvalue weighted by Crippen LogP contribution is -2.50. The van der Waals surface area contributed by atoms with Gasteiger partial charge in [-0.25, -0.2) is 4.79 Å². The molecule has 24 heavy (non-hydrogen) atoms. The number of likely N-dealkylation sites (tertiary alicyclic amines) is 1. The molecule has 1 atom stereocenters. The molecule has 5 nitrogen and oxygen atoms in total. The number of aliphatic hydroxyl groups is 1. The monoisotopic (exact) mass is 331 g/mol. The van der Waals surface area contributed by atoms with E-state index in [1.165, 1.54) is 5.56 Å². The minimum atomic E-state index is -0.758. The Morgan fingerprint density at radius 2 is 2.04 bits per heavy atom. The highest BCUT2D eigenvalue weighted by Crippen LogP contribution is 2.34.